The Labute approximate surface area is 82.4 Å². The first-order valence-corrected chi connectivity index (χ1v) is 4.51. The zero-order valence-corrected chi connectivity index (χ0v) is 8.53. The van der Waals surface area contributed by atoms with Crippen molar-refractivity contribution in [2.45, 2.75) is 44.9 Å². The molecular formula is C9H15NO4. The van der Waals surface area contributed by atoms with Gasteiger partial charge in [-0.05, 0) is 27.2 Å². The van der Waals surface area contributed by atoms with Crippen LogP contribution in [0.5, 0.6) is 0 Å². The maximum atomic E-state index is 11.3. The Morgan fingerprint density at radius 2 is 1.86 bits per heavy atom. The Hall–Kier alpha value is -1.10. The standard InChI is InChI=1S/C9H15NO4/c1-9(2,3)14-8(13)6-4-5(10-6)7(11)12/h5-6,10H,4H2,1-3H3,(H,11,12)/t5-,6+/m0/s1. The van der Waals surface area contributed by atoms with Gasteiger partial charge in [-0.2, -0.15) is 0 Å². The first-order valence-electron chi connectivity index (χ1n) is 4.51. The lowest BCUT2D eigenvalue weighted by molar-refractivity contribution is -0.162. The summed E-state index contributed by atoms with van der Waals surface area (Å²) in [6.07, 6.45) is 0.310. The van der Waals surface area contributed by atoms with Crippen LogP contribution in [0.3, 0.4) is 0 Å². The van der Waals surface area contributed by atoms with Gasteiger partial charge in [-0.25, -0.2) is 0 Å². The number of carboxylic acids is 1. The maximum absolute atomic E-state index is 11.3. The fourth-order valence-corrected chi connectivity index (χ4v) is 1.16. The van der Waals surface area contributed by atoms with E-state index < -0.39 is 23.7 Å². The molecule has 1 heterocycles. The number of nitrogens with one attached hydrogen (secondary N) is 1. The number of hydrogen-bond acceptors (Lipinski definition) is 4. The Bertz CT molecular complexity index is 250. The van der Waals surface area contributed by atoms with Gasteiger partial charge >= 0.3 is 11.9 Å². The second-order valence-electron chi connectivity index (χ2n) is 4.38. The average molecular weight is 201 g/mol. The molecule has 0 aromatic heterocycles. The van der Waals surface area contributed by atoms with E-state index in [4.69, 9.17) is 9.84 Å². The van der Waals surface area contributed by atoms with Gasteiger partial charge in [0.1, 0.15) is 17.7 Å². The lowest BCUT2D eigenvalue weighted by Crippen LogP contribution is -2.60. The summed E-state index contributed by atoms with van der Waals surface area (Å²) in [7, 11) is 0. The lowest BCUT2D eigenvalue weighted by atomic mass is 9.97. The number of carbonyl (C=O) groups excluding carboxylic acids is 1. The average Bonchev–Trinajstić information content (AvgIpc) is 1.75. The minimum Gasteiger partial charge on any atom is -0.480 e. The SMILES string of the molecule is CC(C)(C)OC(=O)[C@H]1C[C@@H](C(=O)O)N1. The number of ether oxygens (including phenoxy) is 1. The lowest BCUT2D eigenvalue weighted by Gasteiger charge is -2.34. The van der Waals surface area contributed by atoms with Crippen LogP contribution in [0, 0.1) is 0 Å². The molecule has 1 fully saturated rings. The largest absolute Gasteiger partial charge is 0.480 e. The smallest absolute Gasteiger partial charge is 0.323 e. The molecule has 0 amide bonds. The van der Waals surface area contributed by atoms with E-state index in [0.717, 1.165) is 0 Å². The molecule has 1 rings (SSSR count). The molecule has 5 heteroatoms. The Morgan fingerprint density at radius 1 is 1.36 bits per heavy atom. The fourth-order valence-electron chi connectivity index (χ4n) is 1.16. The number of aliphatic carboxylic acids is 1. The van der Waals surface area contributed by atoms with Crippen LogP contribution in [0.25, 0.3) is 0 Å². The van der Waals surface area contributed by atoms with Crippen LogP contribution in [0.1, 0.15) is 27.2 Å². The van der Waals surface area contributed by atoms with Crippen molar-refractivity contribution in [1.29, 1.82) is 0 Å². The van der Waals surface area contributed by atoms with Crippen molar-refractivity contribution in [1.82, 2.24) is 5.32 Å². The monoisotopic (exact) mass is 201 g/mol. The van der Waals surface area contributed by atoms with Gasteiger partial charge in [0.15, 0.2) is 0 Å². The summed E-state index contributed by atoms with van der Waals surface area (Å²) in [5, 5.41) is 11.2. The molecule has 0 radical (unpaired) electrons. The molecule has 14 heavy (non-hydrogen) atoms. The van der Waals surface area contributed by atoms with Crippen molar-refractivity contribution in [3.05, 3.63) is 0 Å². The van der Waals surface area contributed by atoms with Crippen molar-refractivity contribution in [2.75, 3.05) is 0 Å². The normalized spacial score (nSPS) is 26.5. The molecule has 0 saturated carbocycles. The topological polar surface area (TPSA) is 75.6 Å². The minimum atomic E-state index is -0.926. The van der Waals surface area contributed by atoms with E-state index in [1.807, 2.05) is 0 Å². The van der Waals surface area contributed by atoms with Gasteiger partial charge in [-0.15, -0.1) is 0 Å². The van der Waals surface area contributed by atoms with Crippen LogP contribution in [0.4, 0.5) is 0 Å². The number of carbonyl (C=O) groups is 2. The molecule has 2 atom stereocenters. The first kappa shape index (κ1) is 11.0. The van der Waals surface area contributed by atoms with E-state index >= 15 is 0 Å². The highest BCUT2D eigenvalue weighted by atomic mass is 16.6. The summed E-state index contributed by atoms with van der Waals surface area (Å²) < 4.78 is 5.08. The second-order valence-corrected chi connectivity index (χ2v) is 4.38. The van der Waals surface area contributed by atoms with E-state index in [1.165, 1.54) is 0 Å². The Balaban J connectivity index is 2.34. The number of rotatable bonds is 2. The molecule has 0 spiro atoms. The molecule has 5 nitrogen and oxygen atoms in total. The first-order chi connectivity index (χ1) is 6.29. The number of esters is 1. The summed E-state index contributed by atoms with van der Waals surface area (Å²) in [6, 6.07) is -1.07. The molecule has 1 aliphatic rings. The van der Waals surface area contributed by atoms with Crippen molar-refractivity contribution in [2.24, 2.45) is 0 Å². The van der Waals surface area contributed by atoms with Gasteiger partial charge in [0.25, 0.3) is 0 Å². The molecular weight excluding hydrogens is 186 g/mol. The van der Waals surface area contributed by atoms with Gasteiger partial charge in [-0.3, -0.25) is 14.9 Å². The van der Waals surface area contributed by atoms with Crippen molar-refractivity contribution < 1.29 is 19.4 Å². The quantitative estimate of drug-likeness (QED) is 0.622. The molecule has 1 saturated heterocycles. The highest BCUT2D eigenvalue weighted by molar-refractivity contribution is 5.83. The zero-order valence-electron chi connectivity index (χ0n) is 8.53. The second kappa shape index (κ2) is 3.57. The van der Waals surface area contributed by atoms with E-state index in [2.05, 4.69) is 5.32 Å². The van der Waals surface area contributed by atoms with Gasteiger partial charge in [-0.1, -0.05) is 0 Å². The molecule has 1 aliphatic heterocycles. The fraction of sp³-hybridized carbons (Fsp3) is 0.778. The summed E-state index contributed by atoms with van der Waals surface area (Å²) in [5.74, 6) is -1.31. The van der Waals surface area contributed by atoms with Crippen LogP contribution in [-0.2, 0) is 14.3 Å². The van der Waals surface area contributed by atoms with Crippen LogP contribution >= 0.6 is 0 Å². The molecule has 80 valence electrons. The summed E-state index contributed by atoms with van der Waals surface area (Å²) in [4.78, 5) is 21.8. The highest BCUT2D eigenvalue weighted by Gasteiger charge is 2.40. The van der Waals surface area contributed by atoms with Crippen LogP contribution in [0.15, 0.2) is 0 Å². The van der Waals surface area contributed by atoms with Crippen molar-refractivity contribution in [3.63, 3.8) is 0 Å². The Kier molecular flexibility index (Phi) is 2.80. The third kappa shape index (κ3) is 2.70. The number of hydrogen-bond donors (Lipinski definition) is 2. The summed E-state index contributed by atoms with van der Waals surface area (Å²) in [5.41, 5.74) is -0.521. The van der Waals surface area contributed by atoms with Crippen LogP contribution in [-0.4, -0.2) is 34.7 Å². The predicted molar refractivity (Wildman–Crippen MR) is 48.8 cm³/mol. The van der Waals surface area contributed by atoms with Crippen molar-refractivity contribution >= 4 is 11.9 Å². The molecule has 0 aromatic carbocycles. The van der Waals surface area contributed by atoms with Gasteiger partial charge in [0, 0.05) is 0 Å². The highest BCUT2D eigenvalue weighted by Crippen LogP contribution is 2.17. The maximum Gasteiger partial charge on any atom is 0.323 e. The summed E-state index contributed by atoms with van der Waals surface area (Å²) >= 11 is 0. The van der Waals surface area contributed by atoms with Gasteiger partial charge < -0.3 is 9.84 Å². The molecule has 0 unspecified atom stereocenters. The minimum absolute atomic E-state index is 0.310. The van der Waals surface area contributed by atoms with Crippen LogP contribution < -0.4 is 5.32 Å². The number of carboxylic acid groups (broad SMARTS) is 1. The zero-order chi connectivity index (χ0) is 10.9. The third-order valence-electron chi connectivity index (χ3n) is 1.86. The van der Waals surface area contributed by atoms with Gasteiger partial charge in [0.2, 0.25) is 0 Å². The van der Waals surface area contributed by atoms with E-state index in [9.17, 15) is 9.59 Å². The molecule has 0 aliphatic carbocycles. The predicted octanol–water partition coefficient (Wildman–Crippen LogP) is 0.143. The Morgan fingerprint density at radius 3 is 2.21 bits per heavy atom. The van der Waals surface area contributed by atoms with Crippen LogP contribution in [0.2, 0.25) is 0 Å². The molecule has 2 N–H and O–H groups in total. The van der Waals surface area contributed by atoms with E-state index in [1.54, 1.807) is 20.8 Å². The van der Waals surface area contributed by atoms with E-state index in [-0.39, 0.29) is 5.97 Å². The molecule has 0 aromatic rings. The van der Waals surface area contributed by atoms with Gasteiger partial charge in [0.05, 0.1) is 0 Å². The third-order valence-corrected chi connectivity index (χ3v) is 1.86. The van der Waals surface area contributed by atoms with E-state index in [0.29, 0.717) is 6.42 Å². The van der Waals surface area contributed by atoms with Crippen molar-refractivity contribution in [3.8, 4) is 0 Å². The summed E-state index contributed by atoms with van der Waals surface area (Å²) in [6.45, 7) is 5.33. The molecule has 0 bridgehead atoms.